The number of carbonyl (C=O) groups is 1. The molecule has 0 spiro atoms. The second kappa shape index (κ2) is 9.70. The van der Waals surface area contributed by atoms with E-state index in [4.69, 9.17) is 14.2 Å². The van der Waals surface area contributed by atoms with E-state index in [-0.39, 0.29) is 29.8 Å². The van der Waals surface area contributed by atoms with Crippen molar-refractivity contribution in [3.05, 3.63) is 54.1 Å². The Morgan fingerprint density at radius 2 is 1.84 bits per heavy atom. The summed E-state index contributed by atoms with van der Waals surface area (Å²) in [6, 6.07) is 14.2. The lowest BCUT2D eigenvalue weighted by Gasteiger charge is -2.40. The number of ether oxygens (including phenoxy) is 3. The maximum atomic E-state index is 13.5. The maximum absolute atomic E-state index is 13.5. The molecule has 2 aromatic carbocycles. The molecular formula is C23H29NO6S. The number of benzene rings is 2. The summed E-state index contributed by atoms with van der Waals surface area (Å²) in [4.78, 5) is 13.1. The first-order valence-corrected chi connectivity index (χ1v) is 11.7. The summed E-state index contributed by atoms with van der Waals surface area (Å²) in [5.74, 6) is 0.342. The molecule has 1 fully saturated rings. The van der Waals surface area contributed by atoms with Crippen molar-refractivity contribution in [1.29, 1.82) is 0 Å². The molecule has 1 atom stereocenters. The molecule has 3 rings (SSSR count). The minimum atomic E-state index is -3.90. The fraction of sp³-hybridized carbons (Fsp3) is 0.435. The minimum absolute atomic E-state index is 0.0511. The second-order valence-electron chi connectivity index (χ2n) is 7.62. The van der Waals surface area contributed by atoms with Gasteiger partial charge in [0.2, 0.25) is 10.0 Å². The Bertz CT molecular complexity index is 1010. The SMILES string of the molecule is CCOC(=O)C1(Cc2ccccc2)CCCN(S(=O)(=O)c2ccc(OC)cc2OC)C1. The number of carbonyl (C=O) groups excluding carboxylic acids is 1. The maximum Gasteiger partial charge on any atom is 0.313 e. The molecule has 2 aromatic rings. The lowest BCUT2D eigenvalue weighted by molar-refractivity contribution is -0.157. The zero-order valence-electron chi connectivity index (χ0n) is 18.2. The summed E-state index contributed by atoms with van der Waals surface area (Å²) in [7, 11) is -0.973. The molecule has 1 aliphatic heterocycles. The molecule has 0 bridgehead atoms. The predicted octanol–water partition coefficient (Wildman–Crippen LogP) is 3.28. The highest BCUT2D eigenvalue weighted by atomic mass is 32.2. The number of piperidine rings is 1. The van der Waals surface area contributed by atoms with Gasteiger partial charge in [-0.2, -0.15) is 4.31 Å². The molecule has 0 radical (unpaired) electrons. The summed E-state index contributed by atoms with van der Waals surface area (Å²) in [5, 5.41) is 0. The van der Waals surface area contributed by atoms with E-state index >= 15 is 0 Å². The molecule has 168 valence electrons. The molecule has 0 saturated carbocycles. The Balaban J connectivity index is 1.97. The molecule has 1 saturated heterocycles. The number of hydrogen-bond donors (Lipinski definition) is 0. The van der Waals surface area contributed by atoms with Crippen molar-refractivity contribution < 1.29 is 27.4 Å². The van der Waals surface area contributed by atoms with Crippen LogP contribution in [0.2, 0.25) is 0 Å². The highest BCUT2D eigenvalue weighted by molar-refractivity contribution is 7.89. The van der Waals surface area contributed by atoms with Gasteiger partial charge in [-0.25, -0.2) is 8.42 Å². The standard InChI is InChI=1S/C23H29NO6S/c1-4-30-22(25)23(16-18-9-6-5-7-10-18)13-8-14-24(17-23)31(26,27)21-12-11-19(28-2)15-20(21)29-3/h5-7,9-12,15H,4,8,13-14,16-17H2,1-3H3. The van der Waals surface area contributed by atoms with Crippen LogP contribution in [-0.2, 0) is 26.0 Å². The zero-order chi connectivity index (χ0) is 22.5. The number of esters is 1. The van der Waals surface area contributed by atoms with Gasteiger partial charge in [0.1, 0.15) is 16.4 Å². The summed E-state index contributed by atoms with van der Waals surface area (Å²) >= 11 is 0. The van der Waals surface area contributed by atoms with Gasteiger partial charge in [0.05, 0.1) is 26.2 Å². The lowest BCUT2D eigenvalue weighted by Crippen LogP contribution is -2.51. The summed E-state index contributed by atoms with van der Waals surface area (Å²) < 4.78 is 44.4. The Labute approximate surface area is 184 Å². The van der Waals surface area contributed by atoms with E-state index in [1.807, 2.05) is 30.3 Å². The van der Waals surface area contributed by atoms with E-state index < -0.39 is 15.4 Å². The molecule has 7 nitrogen and oxygen atoms in total. The van der Waals surface area contributed by atoms with Crippen molar-refractivity contribution in [3.63, 3.8) is 0 Å². The van der Waals surface area contributed by atoms with Crippen LogP contribution < -0.4 is 9.47 Å². The number of rotatable bonds is 8. The van der Waals surface area contributed by atoms with Gasteiger partial charge in [-0.3, -0.25) is 4.79 Å². The minimum Gasteiger partial charge on any atom is -0.497 e. The first kappa shape index (κ1) is 23.1. The van der Waals surface area contributed by atoms with Crippen LogP contribution in [0, 0.1) is 5.41 Å². The van der Waals surface area contributed by atoms with Crippen LogP contribution in [0.3, 0.4) is 0 Å². The highest BCUT2D eigenvalue weighted by Gasteiger charge is 2.47. The van der Waals surface area contributed by atoms with Crippen LogP contribution in [0.15, 0.2) is 53.4 Å². The van der Waals surface area contributed by atoms with Gasteiger partial charge in [-0.05, 0) is 43.9 Å². The molecule has 0 amide bonds. The van der Waals surface area contributed by atoms with Gasteiger partial charge in [0.15, 0.2) is 0 Å². The van der Waals surface area contributed by atoms with Gasteiger partial charge < -0.3 is 14.2 Å². The quantitative estimate of drug-likeness (QED) is 0.578. The molecule has 0 N–H and O–H groups in total. The van der Waals surface area contributed by atoms with Gasteiger partial charge in [-0.15, -0.1) is 0 Å². The highest BCUT2D eigenvalue weighted by Crippen LogP contribution is 2.39. The largest absolute Gasteiger partial charge is 0.497 e. The number of nitrogens with zero attached hydrogens (tertiary/aromatic N) is 1. The molecule has 1 heterocycles. The third-order valence-electron chi connectivity index (χ3n) is 5.62. The van der Waals surface area contributed by atoms with Crippen LogP contribution in [-0.4, -0.2) is 52.6 Å². The van der Waals surface area contributed by atoms with Crippen LogP contribution in [0.1, 0.15) is 25.3 Å². The normalized spacial score (nSPS) is 19.6. The molecule has 31 heavy (non-hydrogen) atoms. The Morgan fingerprint density at radius 3 is 2.48 bits per heavy atom. The topological polar surface area (TPSA) is 82.1 Å². The molecule has 1 aliphatic rings. The van der Waals surface area contributed by atoms with Crippen molar-refractivity contribution in [1.82, 2.24) is 4.31 Å². The molecule has 8 heteroatoms. The molecular weight excluding hydrogens is 418 g/mol. The second-order valence-corrected chi connectivity index (χ2v) is 9.53. The smallest absolute Gasteiger partial charge is 0.313 e. The van der Waals surface area contributed by atoms with E-state index in [0.717, 1.165) is 5.56 Å². The van der Waals surface area contributed by atoms with Crippen molar-refractivity contribution >= 4 is 16.0 Å². The van der Waals surface area contributed by atoms with Crippen LogP contribution in [0.5, 0.6) is 11.5 Å². The first-order valence-electron chi connectivity index (χ1n) is 10.3. The number of methoxy groups -OCH3 is 2. The van der Waals surface area contributed by atoms with Crippen LogP contribution in [0.4, 0.5) is 0 Å². The Morgan fingerprint density at radius 1 is 1.10 bits per heavy atom. The van der Waals surface area contributed by atoms with E-state index in [1.54, 1.807) is 19.1 Å². The molecule has 0 aromatic heterocycles. The third kappa shape index (κ3) is 4.85. The summed E-state index contributed by atoms with van der Waals surface area (Å²) in [6.45, 7) is 2.38. The van der Waals surface area contributed by atoms with Crippen molar-refractivity contribution in [2.75, 3.05) is 33.9 Å². The van der Waals surface area contributed by atoms with Gasteiger partial charge in [-0.1, -0.05) is 30.3 Å². The Hall–Kier alpha value is -2.58. The number of sulfonamides is 1. The fourth-order valence-corrected chi connectivity index (χ4v) is 5.78. The molecule has 0 aliphatic carbocycles. The average Bonchev–Trinajstić information content (AvgIpc) is 2.79. The van der Waals surface area contributed by atoms with Crippen molar-refractivity contribution in [2.45, 2.75) is 31.1 Å². The van der Waals surface area contributed by atoms with Gasteiger partial charge in [0, 0.05) is 19.2 Å². The van der Waals surface area contributed by atoms with Gasteiger partial charge in [0.25, 0.3) is 0 Å². The Kier molecular flexibility index (Phi) is 7.23. The van der Waals surface area contributed by atoms with Crippen LogP contribution >= 0.6 is 0 Å². The summed E-state index contributed by atoms with van der Waals surface area (Å²) in [6.07, 6.45) is 1.54. The monoisotopic (exact) mass is 447 g/mol. The first-order chi connectivity index (χ1) is 14.9. The third-order valence-corrected chi connectivity index (χ3v) is 7.51. The van der Waals surface area contributed by atoms with E-state index in [0.29, 0.717) is 31.6 Å². The van der Waals surface area contributed by atoms with E-state index in [1.165, 1.54) is 24.6 Å². The zero-order valence-corrected chi connectivity index (χ0v) is 19.0. The van der Waals surface area contributed by atoms with E-state index in [2.05, 4.69) is 0 Å². The number of hydrogen-bond acceptors (Lipinski definition) is 6. The van der Waals surface area contributed by atoms with E-state index in [9.17, 15) is 13.2 Å². The fourth-order valence-electron chi connectivity index (χ4n) is 4.08. The van der Waals surface area contributed by atoms with Crippen molar-refractivity contribution in [3.8, 4) is 11.5 Å². The summed E-state index contributed by atoms with van der Waals surface area (Å²) in [5.41, 5.74) is 0.0272. The predicted molar refractivity (Wildman–Crippen MR) is 117 cm³/mol. The molecule has 1 unspecified atom stereocenters. The van der Waals surface area contributed by atoms with Crippen molar-refractivity contribution in [2.24, 2.45) is 5.41 Å². The average molecular weight is 448 g/mol. The lowest BCUT2D eigenvalue weighted by atomic mass is 9.75. The van der Waals surface area contributed by atoms with Gasteiger partial charge >= 0.3 is 5.97 Å². The van der Waals surface area contributed by atoms with Crippen LogP contribution in [0.25, 0.3) is 0 Å².